The second-order valence-electron chi connectivity index (χ2n) is 6.36. The molecule has 25 heavy (non-hydrogen) atoms. The molecule has 0 radical (unpaired) electrons. The highest BCUT2D eigenvalue weighted by atomic mass is 16.5. The number of anilines is 1. The van der Waals surface area contributed by atoms with Crippen LogP contribution in [-0.2, 0) is 6.54 Å². The van der Waals surface area contributed by atoms with Crippen molar-refractivity contribution in [2.75, 3.05) is 31.6 Å². The van der Waals surface area contributed by atoms with Gasteiger partial charge in [0.25, 0.3) is 0 Å². The zero-order valence-corrected chi connectivity index (χ0v) is 15.2. The first-order valence-corrected chi connectivity index (χ1v) is 8.85. The monoisotopic (exact) mass is 346 g/mol. The topological polar surface area (TPSA) is 80.4 Å². The van der Waals surface area contributed by atoms with E-state index in [2.05, 4.69) is 37.0 Å². The highest BCUT2D eigenvalue weighted by molar-refractivity contribution is 5.40. The lowest BCUT2D eigenvalue weighted by molar-refractivity contribution is 0.209. The quantitative estimate of drug-likeness (QED) is 0.786. The molecule has 3 heterocycles. The first-order valence-electron chi connectivity index (χ1n) is 8.85. The number of ether oxygens (including phenoxy) is 1. The summed E-state index contributed by atoms with van der Waals surface area (Å²) in [6.45, 7) is 7.05. The number of hydrogen-bond donors (Lipinski definition) is 0. The van der Waals surface area contributed by atoms with Crippen LogP contribution in [-0.4, -0.2) is 57.8 Å². The Morgan fingerprint density at radius 1 is 1.32 bits per heavy atom. The minimum Gasteiger partial charge on any atom is -0.478 e. The van der Waals surface area contributed by atoms with Gasteiger partial charge >= 0.3 is 0 Å². The molecule has 0 aromatic carbocycles. The van der Waals surface area contributed by atoms with E-state index in [-0.39, 0.29) is 0 Å². The van der Waals surface area contributed by atoms with Gasteiger partial charge in [-0.25, -0.2) is 9.97 Å². The summed E-state index contributed by atoms with van der Waals surface area (Å²) in [6.07, 6.45) is 4.91. The van der Waals surface area contributed by atoms with E-state index < -0.39 is 0 Å². The lowest BCUT2D eigenvalue weighted by atomic mass is 10.1. The van der Waals surface area contributed by atoms with Crippen LogP contribution in [0.25, 0.3) is 0 Å². The smallest absolute Gasteiger partial charge is 0.223 e. The van der Waals surface area contributed by atoms with E-state index >= 15 is 0 Å². The second-order valence-corrected chi connectivity index (χ2v) is 6.36. The van der Waals surface area contributed by atoms with Crippen LogP contribution in [0.15, 0.2) is 16.9 Å². The highest BCUT2D eigenvalue weighted by Crippen LogP contribution is 2.22. The maximum atomic E-state index is 5.49. The Balaban J connectivity index is 1.59. The lowest BCUT2D eigenvalue weighted by Crippen LogP contribution is -2.33. The maximum Gasteiger partial charge on any atom is 0.223 e. The highest BCUT2D eigenvalue weighted by Gasteiger charge is 2.22. The van der Waals surface area contributed by atoms with Gasteiger partial charge in [-0.3, -0.25) is 4.90 Å². The van der Waals surface area contributed by atoms with Gasteiger partial charge in [0, 0.05) is 32.1 Å². The molecule has 2 aromatic heterocycles. The Kier molecular flexibility index (Phi) is 5.80. The summed E-state index contributed by atoms with van der Waals surface area (Å²) in [4.78, 5) is 17.5. The SMILES string of the molecule is CCOc1cc(N2CCC[C@@H](N(C)Cc3noc(C)n3)CC2)ncn1. The van der Waals surface area contributed by atoms with E-state index in [4.69, 9.17) is 9.26 Å². The molecule has 0 N–H and O–H groups in total. The minimum absolute atomic E-state index is 0.497. The fourth-order valence-electron chi connectivity index (χ4n) is 3.24. The van der Waals surface area contributed by atoms with Gasteiger partial charge in [0.05, 0.1) is 13.2 Å². The van der Waals surface area contributed by atoms with Gasteiger partial charge in [-0.2, -0.15) is 4.98 Å². The van der Waals surface area contributed by atoms with Gasteiger partial charge in [0.2, 0.25) is 11.8 Å². The van der Waals surface area contributed by atoms with Crippen LogP contribution in [0.2, 0.25) is 0 Å². The molecule has 0 saturated carbocycles. The molecule has 0 aliphatic carbocycles. The molecule has 8 nitrogen and oxygen atoms in total. The Morgan fingerprint density at radius 3 is 2.96 bits per heavy atom. The summed E-state index contributed by atoms with van der Waals surface area (Å²) in [5.41, 5.74) is 0. The van der Waals surface area contributed by atoms with Gasteiger partial charge in [-0.1, -0.05) is 5.16 Å². The van der Waals surface area contributed by atoms with Crippen molar-refractivity contribution in [3.63, 3.8) is 0 Å². The van der Waals surface area contributed by atoms with Crippen LogP contribution in [0.5, 0.6) is 5.88 Å². The van der Waals surface area contributed by atoms with E-state index in [1.807, 2.05) is 19.9 Å². The van der Waals surface area contributed by atoms with Gasteiger partial charge in [0.15, 0.2) is 5.82 Å². The molecule has 0 unspecified atom stereocenters. The van der Waals surface area contributed by atoms with Crippen LogP contribution >= 0.6 is 0 Å². The van der Waals surface area contributed by atoms with Crippen LogP contribution in [0.3, 0.4) is 0 Å². The van der Waals surface area contributed by atoms with E-state index in [0.29, 0.717) is 31.0 Å². The molecule has 0 spiro atoms. The van der Waals surface area contributed by atoms with Crippen molar-refractivity contribution in [3.8, 4) is 5.88 Å². The third kappa shape index (κ3) is 4.66. The van der Waals surface area contributed by atoms with Crippen molar-refractivity contribution < 1.29 is 9.26 Å². The summed E-state index contributed by atoms with van der Waals surface area (Å²) in [5.74, 6) is 2.94. The van der Waals surface area contributed by atoms with Crippen molar-refractivity contribution in [2.45, 2.75) is 45.7 Å². The second kappa shape index (κ2) is 8.24. The van der Waals surface area contributed by atoms with Gasteiger partial charge < -0.3 is 14.2 Å². The molecule has 1 fully saturated rings. The van der Waals surface area contributed by atoms with E-state index in [9.17, 15) is 0 Å². The molecule has 1 aliphatic heterocycles. The molecule has 1 aliphatic rings. The molecule has 3 rings (SSSR count). The summed E-state index contributed by atoms with van der Waals surface area (Å²) >= 11 is 0. The maximum absolute atomic E-state index is 5.49. The summed E-state index contributed by atoms with van der Waals surface area (Å²) in [6, 6.07) is 2.42. The van der Waals surface area contributed by atoms with Crippen LogP contribution in [0, 0.1) is 6.92 Å². The standard InChI is InChI=1S/C17H26N6O2/c1-4-24-17-10-16(18-12-19-17)23-8-5-6-14(7-9-23)22(3)11-15-20-13(2)25-21-15/h10,12,14H,4-9,11H2,1-3H3/t14-/m1/s1. The third-order valence-corrected chi connectivity index (χ3v) is 4.53. The first-order chi connectivity index (χ1) is 12.2. The van der Waals surface area contributed by atoms with Gasteiger partial charge in [-0.05, 0) is 33.2 Å². The van der Waals surface area contributed by atoms with Crippen LogP contribution < -0.4 is 9.64 Å². The molecule has 1 atom stereocenters. The molecular formula is C17H26N6O2. The fourth-order valence-corrected chi connectivity index (χ4v) is 3.24. The third-order valence-electron chi connectivity index (χ3n) is 4.53. The molecular weight excluding hydrogens is 320 g/mol. The van der Waals surface area contributed by atoms with E-state index in [1.54, 1.807) is 6.33 Å². The Morgan fingerprint density at radius 2 is 2.20 bits per heavy atom. The normalized spacial score (nSPS) is 18.4. The molecule has 0 amide bonds. The van der Waals surface area contributed by atoms with Crippen LogP contribution in [0.4, 0.5) is 5.82 Å². The van der Waals surface area contributed by atoms with Crippen molar-refractivity contribution in [1.29, 1.82) is 0 Å². The average molecular weight is 346 g/mol. The van der Waals surface area contributed by atoms with Gasteiger partial charge in [0.1, 0.15) is 12.1 Å². The Hall–Kier alpha value is -2.22. The Labute approximate surface area is 148 Å². The number of rotatable bonds is 6. The summed E-state index contributed by atoms with van der Waals surface area (Å²) < 4.78 is 10.5. The zero-order chi connectivity index (χ0) is 17.6. The predicted molar refractivity (Wildman–Crippen MR) is 93.6 cm³/mol. The largest absolute Gasteiger partial charge is 0.478 e. The number of nitrogens with zero attached hydrogens (tertiary/aromatic N) is 6. The summed E-state index contributed by atoms with van der Waals surface area (Å²) in [7, 11) is 2.13. The van der Waals surface area contributed by atoms with E-state index in [0.717, 1.165) is 44.0 Å². The van der Waals surface area contributed by atoms with Gasteiger partial charge in [-0.15, -0.1) is 0 Å². The zero-order valence-electron chi connectivity index (χ0n) is 15.2. The number of hydrogen-bond acceptors (Lipinski definition) is 8. The Bertz CT molecular complexity index is 677. The van der Waals surface area contributed by atoms with Crippen molar-refractivity contribution in [2.24, 2.45) is 0 Å². The van der Waals surface area contributed by atoms with Crippen molar-refractivity contribution >= 4 is 5.82 Å². The average Bonchev–Trinajstić information content (AvgIpc) is 2.86. The molecule has 8 heteroatoms. The van der Waals surface area contributed by atoms with E-state index in [1.165, 1.54) is 0 Å². The predicted octanol–water partition coefficient (Wildman–Crippen LogP) is 2.06. The number of aromatic nitrogens is 4. The van der Waals surface area contributed by atoms with Crippen LogP contribution in [0.1, 0.15) is 37.9 Å². The fraction of sp³-hybridized carbons (Fsp3) is 0.647. The molecule has 1 saturated heterocycles. The number of aryl methyl sites for hydroxylation is 1. The minimum atomic E-state index is 0.497. The van der Waals surface area contributed by atoms with Crippen molar-refractivity contribution in [1.82, 2.24) is 25.0 Å². The molecule has 136 valence electrons. The molecule has 2 aromatic rings. The lowest BCUT2D eigenvalue weighted by Gasteiger charge is -2.26. The summed E-state index contributed by atoms with van der Waals surface area (Å²) in [5, 5.41) is 3.99. The first kappa shape index (κ1) is 17.6. The van der Waals surface area contributed by atoms with Crippen molar-refractivity contribution in [3.05, 3.63) is 24.1 Å². The molecule has 0 bridgehead atoms.